The number of rotatable bonds is 5. The van der Waals surface area contributed by atoms with E-state index in [4.69, 9.17) is 4.74 Å². The summed E-state index contributed by atoms with van der Waals surface area (Å²) in [5, 5.41) is 1.22. The molecule has 2 aliphatic rings. The number of likely N-dealkylation sites (tertiary alicyclic amines) is 1. The molecule has 0 aliphatic carbocycles. The molecule has 2 aromatic carbocycles. The van der Waals surface area contributed by atoms with Gasteiger partial charge < -0.3 is 9.64 Å². The van der Waals surface area contributed by atoms with Gasteiger partial charge in [-0.15, -0.1) is 0 Å². The van der Waals surface area contributed by atoms with Crippen LogP contribution >= 0.6 is 0 Å². The lowest BCUT2D eigenvalue weighted by Crippen LogP contribution is -2.44. The zero-order valence-corrected chi connectivity index (χ0v) is 19.8. The minimum Gasteiger partial charge on any atom is -0.368 e. The SMILES string of the molecule is CCC(c1ccc(-c2cnc3ccccc3c2C)cc1)C1CCN(C(=O)[C@H]2CCCO2)CC1. The standard InChI is InChI=1S/C29H34N2O2/c1-3-24(23-14-16-31(17-15-23)29(32)28-9-6-18-33-28)21-10-12-22(13-11-21)26-19-30-27-8-5-4-7-25(27)20(26)2/h4-5,7-8,10-13,19,23-24,28H,3,6,9,14-18H2,1-2H3/t24?,28-/m1/s1. The van der Waals surface area contributed by atoms with E-state index < -0.39 is 0 Å². The third-order valence-electron chi connectivity index (χ3n) is 7.76. The Kier molecular flexibility index (Phi) is 6.45. The van der Waals surface area contributed by atoms with Gasteiger partial charge >= 0.3 is 0 Å². The minimum atomic E-state index is -0.191. The van der Waals surface area contributed by atoms with Crippen molar-refractivity contribution in [3.63, 3.8) is 0 Å². The highest BCUT2D eigenvalue weighted by atomic mass is 16.5. The lowest BCUT2D eigenvalue weighted by molar-refractivity contribution is -0.142. The van der Waals surface area contributed by atoms with E-state index in [-0.39, 0.29) is 12.0 Å². The van der Waals surface area contributed by atoms with Gasteiger partial charge in [0.25, 0.3) is 5.91 Å². The summed E-state index contributed by atoms with van der Waals surface area (Å²) in [6.45, 7) is 6.93. The quantitative estimate of drug-likeness (QED) is 0.478. The molecule has 4 nitrogen and oxygen atoms in total. The molecule has 2 atom stereocenters. The van der Waals surface area contributed by atoms with Crippen molar-refractivity contribution in [2.45, 2.75) is 58.0 Å². The first kappa shape index (κ1) is 22.1. The Morgan fingerprint density at radius 3 is 2.55 bits per heavy atom. The Bertz CT molecular complexity index is 1110. The summed E-state index contributed by atoms with van der Waals surface area (Å²) in [5.41, 5.74) is 6.17. The monoisotopic (exact) mass is 442 g/mol. The van der Waals surface area contributed by atoms with E-state index in [2.05, 4.69) is 61.3 Å². The number of hydrogen-bond acceptors (Lipinski definition) is 3. The molecule has 0 N–H and O–H groups in total. The molecule has 0 radical (unpaired) electrons. The molecule has 172 valence electrons. The number of ether oxygens (including phenoxy) is 1. The maximum Gasteiger partial charge on any atom is 0.251 e. The summed E-state index contributed by atoms with van der Waals surface area (Å²) in [7, 11) is 0. The van der Waals surface area contributed by atoms with Gasteiger partial charge in [-0.1, -0.05) is 49.4 Å². The van der Waals surface area contributed by atoms with Gasteiger partial charge in [0.2, 0.25) is 0 Å². The van der Waals surface area contributed by atoms with Gasteiger partial charge in [0, 0.05) is 36.8 Å². The Labute approximate surface area is 197 Å². The fourth-order valence-corrected chi connectivity index (χ4v) is 5.82. The number of fused-ring (bicyclic) bond motifs is 1. The predicted octanol–water partition coefficient (Wildman–Crippen LogP) is 6.12. The summed E-state index contributed by atoms with van der Waals surface area (Å²) >= 11 is 0. The second kappa shape index (κ2) is 9.64. The van der Waals surface area contributed by atoms with E-state index in [0.29, 0.717) is 11.8 Å². The summed E-state index contributed by atoms with van der Waals surface area (Å²) in [6, 6.07) is 17.5. The van der Waals surface area contributed by atoms with Gasteiger partial charge in [0.05, 0.1) is 5.52 Å². The van der Waals surface area contributed by atoms with Crippen LogP contribution in [0.4, 0.5) is 0 Å². The number of aryl methyl sites for hydroxylation is 1. The number of amides is 1. The first-order valence-electron chi connectivity index (χ1n) is 12.5. The van der Waals surface area contributed by atoms with Crippen LogP contribution in [0.1, 0.15) is 56.1 Å². The average molecular weight is 443 g/mol. The molecule has 33 heavy (non-hydrogen) atoms. The van der Waals surface area contributed by atoms with Crippen LogP contribution in [-0.4, -0.2) is 41.6 Å². The number of para-hydroxylation sites is 1. The molecular weight excluding hydrogens is 408 g/mol. The number of pyridine rings is 1. The highest BCUT2D eigenvalue weighted by Crippen LogP contribution is 2.37. The van der Waals surface area contributed by atoms with E-state index in [0.717, 1.165) is 57.3 Å². The number of carbonyl (C=O) groups excluding carboxylic acids is 1. The number of piperidine rings is 1. The van der Waals surface area contributed by atoms with Gasteiger partial charge in [-0.25, -0.2) is 0 Å². The normalized spacial score (nSPS) is 20.3. The molecule has 1 amide bonds. The van der Waals surface area contributed by atoms with Crippen molar-refractivity contribution in [3.8, 4) is 11.1 Å². The minimum absolute atomic E-state index is 0.191. The number of nitrogens with zero attached hydrogens (tertiary/aromatic N) is 2. The van der Waals surface area contributed by atoms with E-state index in [1.54, 1.807) is 0 Å². The number of carbonyl (C=O) groups is 1. The molecule has 4 heteroatoms. The van der Waals surface area contributed by atoms with Crippen LogP contribution < -0.4 is 0 Å². The summed E-state index contributed by atoms with van der Waals surface area (Å²) in [4.78, 5) is 19.4. The molecule has 2 saturated heterocycles. The largest absolute Gasteiger partial charge is 0.368 e. The Hall–Kier alpha value is -2.72. The van der Waals surface area contributed by atoms with E-state index >= 15 is 0 Å². The van der Waals surface area contributed by atoms with Gasteiger partial charge in [0.15, 0.2) is 0 Å². The van der Waals surface area contributed by atoms with E-state index in [9.17, 15) is 4.79 Å². The van der Waals surface area contributed by atoms with E-state index in [1.807, 2.05) is 17.2 Å². The third-order valence-corrected chi connectivity index (χ3v) is 7.76. The van der Waals surface area contributed by atoms with Crippen LogP contribution in [0.5, 0.6) is 0 Å². The lowest BCUT2D eigenvalue weighted by atomic mass is 9.78. The van der Waals surface area contributed by atoms with Crippen molar-refractivity contribution in [2.75, 3.05) is 19.7 Å². The summed E-state index contributed by atoms with van der Waals surface area (Å²) in [5.74, 6) is 1.37. The van der Waals surface area contributed by atoms with E-state index in [1.165, 1.54) is 27.6 Å². The molecule has 3 heterocycles. The Morgan fingerprint density at radius 2 is 1.85 bits per heavy atom. The average Bonchev–Trinajstić information content (AvgIpc) is 3.41. The molecule has 1 unspecified atom stereocenters. The van der Waals surface area contributed by atoms with Gasteiger partial charge in [0.1, 0.15) is 6.10 Å². The van der Waals surface area contributed by atoms with Crippen LogP contribution in [0.15, 0.2) is 54.7 Å². The molecule has 5 rings (SSSR count). The summed E-state index contributed by atoms with van der Waals surface area (Å²) in [6.07, 6.45) is 6.98. The Morgan fingerprint density at radius 1 is 1.09 bits per heavy atom. The molecule has 1 aromatic heterocycles. The summed E-state index contributed by atoms with van der Waals surface area (Å²) < 4.78 is 5.62. The van der Waals surface area contributed by atoms with Crippen molar-refractivity contribution < 1.29 is 9.53 Å². The lowest BCUT2D eigenvalue weighted by Gasteiger charge is -2.37. The van der Waals surface area contributed by atoms with Crippen molar-refractivity contribution >= 4 is 16.8 Å². The second-order valence-corrected chi connectivity index (χ2v) is 9.62. The molecule has 2 aliphatic heterocycles. The molecule has 2 fully saturated rings. The first-order chi connectivity index (χ1) is 16.2. The number of hydrogen-bond donors (Lipinski definition) is 0. The van der Waals surface area contributed by atoms with Crippen molar-refractivity contribution in [1.82, 2.24) is 9.88 Å². The predicted molar refractivity (Wildman–Crippen MR) is 133 cm³/mol. The maximum absolute atomic E-state index is 12.7. The molecular formula is C29H34N2O2. The number of aromatic nitrogens is 1. The van der Waals surface area contributed by atoms with Crippen LogP contribution in [0.25, 0.3) is 22.0 Å². The maximum atomic E-state index is 12.7. The highest BCUT2D eigenvalue weighted by Gasteiger charge is 2.33. The van der Waals surface area contributed by atoms with Crippen molar-refractivity contribution in [2.24, 2.45) is 5.92 Å². The van der Waals surface area contributed by atoms with Crippen LogP contribution in [0, 0.1) is 12.8 Å². The molecule has 0 saturated carbocycles. The van der Waals surface area contributed by atoms with Crippen LogP contribution in [0.3, 0.4) is 0 Å². The first-order valence-corrected chi connectivity index (χ1v) is 12.5. The smallest absolute Gasteiger partial charge is 0.251 e. The van der Waals surface area contributed by atoms with Crippen molar-refractivity contribution in [1.29, 1.82) is 0 Å². The second-order valence-electron chi connectivity index (χ2n) is 9.62. The van der Waals surface area contributed by atoms with Gasteiger partial charge in [-0.05, 0) is 73.6 Å². The van der Waals surface area contributed by atoms with Gasteiger partial charge in [-0.2, -0.15) is 0 Å². The van der Waals surface area contributed by atoms with Gasteiger partial charge in [-0.3, -0.25) is 9.78 Å². The van der Waals surface area contributed by atoms with Crippen LogP contribution in [0.2, 0.25) is 0 Å². The zero-order chi connectivity index (χ0) is 22.8. The van der Waals surface area contributed by atoms with Crippen LogP contribution in [-0.2, 0) is 9.53 Å². The molecule has 3 aromatic rings. The topological polar surface area (TPSA) is 42.4 Å². The highest BCUT2D eigenvalue weighted by molar-refractivity contribution is 5.88. The number of benzene rings is 2. The zero-order valence-electron chi connectivity index (χ0n) is 19.8. The molecule has 0 spiro atoms. The van der Waals surface area contributed by atoms with Crippen molar-refractivity contribution in [3.05, 3.63) is 65.9 Å². The fraction of sp³-hybridized carbons (Fsp3) is 0.448. The third kappa shape index (κ3) is 4.41. The Balaban J connectivity index is 1.28. The molecule has 0 bridgehead atoms. The fourth-order valence-electron chi connectivity index (χ4n) is 5.82.